The molecule has 0 unspecified atom stereocenters. The van der Waals surface area contributed by atoms with Gasteiger partial charge in [-0.15, -0.1) is 11.3 Å². The molecule has 2 aromatic carbocycles. The molecule has 2 aromatic heterocycles. The minimum absolute atomic E-state index is 0.0368. The van der Waals surface area contributed by atoms with E-state index in [9.17, 15) is 4.79 Å². The number of aliphatic imine (C=N–C) groups is 1. The fourth-order valence-electron chi connectivity index (χ4n) is 4.81. The summed E-state index contributed by atoms with van der Waals surface area (Å²) in [5, 5.41) is 4.86. The summed E-state index contributed by atoms with van der Waals surface area (Å²) >= 11 is 8.04. The van der Waals surface area contributed by atoms with Crippen LogP contribution in [0.5, 0.6) is 0 Å². The minimum Gasteiger partial charge on any atom is -0.322 e. The van der Waals surface area contributed by atoms with Crippen molar-refractivity contribution in [3.63, 3.8) is 0 Å². The molecule has 0 saturated heterocycles. The van der Waals surface area contributed by atoms with E-state index < -0.39 is 0 Å². The molecule has 0 saturated carbocycles. The van der Waals surface area contributed by atoms with Gasteiger partial charge in [0.1, 0.15) is 5.00 Å². The predicted octanol–water partition coefficient (Wildman–Crippen LogP) is 8.31. The van der Waals surface area contributed by atoms with Gasteiger partial charge in [0, 0.05) is 38.8 Å². The van der Waals surface area contributed by atoms with Crippen molar-refractivity contribution in [2.45, 2.75) is 53.4 Å². The average molecular weight is 516 g/mol. The Morgan fingerprint density at radius 2 is 1.78 bits per heavy atom. The SMILES string of the molecule is Cc1ccc(NC(=O)c2c(-n3c(C)cc(C=Nc4ccc(C)c(Cl)c4)c3C)sc3c2CCCC3)cc1. The van der Waals surface area contributed by atoms with Crippen LogP contribution in [0.25, 0.3) is 5.00 Å². The summed E-state index contributed by atoms with van der Waals surface area (Å²) in [6, 6.07) is 15.9. The van der Waals surface area contributed by atoms with Gasteiger partial charge >= 0.3 is 0 Å². The van der Waals surface area contributed by atoms with E-state index in [4.69, 9.17) is 11.6 Å². The Hall–Kier alpha value is -3.15. The molecule has 0 bridgehead atoms. The Morgan fingerprint density at radius 1 is 1.03 bits per heavy atom. The predicted molar refractivity (Wildman–Crippen MR) is 152 cm³/mol. The van der Waals surface area contributed by atoms with Crippen LogP contribution < -0.4 is 5.32 Å². The first-order valence-electron chi connectivity index (χ1n) is 12.3. The molecule has 1 amide bonds. The lowest BCUT2D eigenvalue weighted by molar-refractivity contribution is 0.102. The van der Waals surface area contributed by atoms with Crippen molar-refractivity contribution in [2.75, 3.05) is 5.32 Å². The molecule has 0 radical (unpaired) electrons. The van der Waals surface area contributed by atoms with Crippen molar-refractivity contribution < 1.29 is 4.79 Å². The Morgan fingerprint density at radius 3 is 2.53 bits per heavy atom. The fourth-order valence-corrected chi connectivity index (χ4v) is 6.48. The number of nitrogens with one attached hydrogen (secondary N) is 1. The highest BCUT2D eigenvalue weighted by Crippen LogP contribution is 2.39. The van der Waals surface area contributed by atoms with E-state index in [0.717, 1.165) is 63.7 Å². The summed E-state index contributed by atoms with van der Waals surface area (Å²) in [5.74, 6) is -0.0368. The normalized spacial score (nSPS) is 13.2. The monoisotopic (exact) mass is 515 g/mol. The smallest absolute Gasteiger partial charge is 0.258 e. The zero-order valence-corrected chi connectivity index (χ0v) is 22.7. The van der Waals surface area contributed by atoms with Crippen molar-refractivity contribution >= 4 is 46.4 Å². The van der Waals surface area contributed by atoms with Gasteiger partial charge in [-0.25, -0.2) is 0 Å². The van der Waals surface area contributed by atoms with Crippen LogP contribution >= 0.6 is 22.9 Å². The Balaban J connectivity index is 1.54. The third-order valence-electron chi connectivity index (χ3n) is 6.87. The molecule has 0 aliphatic heterocycles. The highest BCUT2D eigenvalue weighted by Gasteiger charge is 2.28. The van der Waals surface area contributed by atoms with Crippen LogP contribution in [-0.4, -0.2) is 16.7 Å². The molecule has 184 valence electrons. The number of hydrogen-bond acceptors (Lipinski definition) is 3. The molecule has 1 aliphatic rings. The van der Waals surface area contributed by atoms with E-state index in [-0.39, 0.29) is 5.91 Å². The maximum absolute atomic E-state index is 13.7. The second-order valence-electron chi connectivity index (χ2n) is 9.56. The molecule has 0 spiro atoms. The van der Waals surface area contributed by atoms with Gasteiger partial charge in [-0.1, -0.05) is 35.4 Å². The second-order valence-corrected chi connectivity index (χ2v) is 11.1. The molecule has 4 aromatic rings. The van der Waals surface area contributed by atoms with Crippen molar-refractivity contribution in [3.05, 3.63) is 97.6 Å². The van der Waals surface area contributed by atoms with Gasteiger partial charge in [-0.2, -0.15) is 0 Å². The topological polar surface area (TPSA) is 46.4 Å². The van der Waals surface area contributed by atoms with Crippen molar-refractivity contribution in [2.24, 2.45) is 4.99 Å². The summed E-state index contributed by atoms with van der Waals surface area (Å²) in [6.07, 6.45) is 6.16. The Labute approximate surface area is 221 Å². The number of fused-ring (bicyclic) bond motifs is 1. The van der Waals surface area contributed by atoms with Crippen molar-refractivity contribution in [3.8, 4) is 5.00 Å². The van der Waals surface area contributed by atoms with Crippen LogP contribution in [0.15, 0.2) is 53.5 Å². The van der Waals surface area contributed by atoms with Gasteiger partial charge in [0.05, 0.1) is 11.3 Å². The number of rotatable bonds is 5. The van der Waals surface area contributed by atoms with Crippen LogP contribution in [-0.2, 0) is 12.8 Å². The molecule has 2 heterocycles. The minimum atomic E-state index is -0.0368. The number of anilines is 1. The second kappa shape index (κ2) is 10.1. The lowest BCUT2D eigenvalue weighted by atomic mass is 9.95. The summed E-state index contributed by atoms with van der Waals surface area (Å²) < 4.78 is 2.22. The lowest BCUT2D eigenvalue weighted by Gasteiger charge is -2.14. The fraction of sp³-hybridized carbons (Fsp3) is 0.267. The van der Waals surface area contributed by atoms with Crippen molar-refractivity contribution in [1.29, 1.82) is 0 Å². The molecule has 36 heavy (non-hydrogen) atoms. The third-order valence-corrected chi connectivity index (χ3v) is 8.55. The Kier molecular flexibility index (Phi) is 6.87. The highest BCUT2D eigenvalue weighted by atomic mass is 35.5. The van der Waals surface area contributed by atoms with E-state index in [0.29, 0.717) is 5.02 Å². The first kappa shape index (κ1) is 24.5. The molecule has 0 atom stereocenters. The van der Waals surface area contributed by atoms with Gasteiger partial charge in [0.15, 0.2) is 0 Å². The number of thiophene rings is 1. The summed E-state index contributed by atoms with van der Waals surface area (Å²) in [7, 11) is 0. The molecule has 1 N–H and O–H groups in total. The first-order valence-corrected chi connectivity index (χ1v) is 13.5. The molecule has 0 fully saturated rings. The third kappa shape index (κ3) is 4.78. The number of carbonyl (C=O) groups excluding carboxylic acids is 1. The van der Waals surface area contributed by atoms with Gasteiger partial charge in [0.25, 0.3) is 5.91 Å². The maximum atomic E-state index is 13.7. The van der Waals surface area contributed by atoms with Gasteiger partial charge < -0.3 is 9.88 Å². The number of nitrogens with zero attached hydrogens (tertiary/aromatic N) is 2. The highest BCUT2D eigenvalue weighted by molar-refractivity contribution is 7.15. The quantitative estimate of drug-likeness (QED) is 0.267. The summed E-state index contributed by atoms with van der Waals surface area (Å²) in [5.41, 5.74) is 9.04. The zero-order chi connectivity index (χ0) is 25.4. The van der Waals surface area contributed by atoms with E-state index in [2.05, 4.69) is 34.8 Å². The van der Waals surface area contributed by atoms with Gasteiger partial charge in [-0.3, -0.25) is 9.79 Å². The number of aryl methyl sites for hydroxylation is 4. The van der Waals surface area contributed by atoms with E-state index in [1.165, 1.54) is 22.4 Å². The van der Waals surface area contributed by atoms with E-state index >= 15 is 0 Å². The van der Waals surface area contributed by atoms with Gasteiger partial charge in [0.2, 0.25) is 0 Å². The molecular formula is C30H30ClN3OS. The number of carbonyl (C=O) groups is 1. The lowest BCUT2D eigenvalue weighted by Crippen LogP contribution is -2.17. The van der Waals surface area contributed by atoms with Crippen LogP contribution in [0.3, 0.4) is 0 Å². The number of hydrogen-bond donors (Lipinski definition) is 1. The number of amides is 1. The van der Waals surface area contributed by atoms with Crippen LogP contribution in [0.4, 0.5) is 11.4 Å². The van der Waals surface area contributed by atoms with Crippen LogP contribution in [0.2, 0.25) is 5.02 Å². The average Bonchev–Trinajstić information content (AvgIpc) is 3.37. The molecular weight excluding hydrogens is 486 g/mol. The standard InChI is InChI=1S/C30H30ClN3OS/c1-18-9-12-23(13-10-18)33-29(35)28-25-7-5-6-8-27(25)36-30(28)34-20(3)15-22(21(34)4)17-32-24-14-11-19(2)26(31)16-24/h9-17H,5-8H2,1-4H3,(H,33,35). The molecule has 6 heteroatoms. The van der Waals surface area contributed by atoms with Crippen LogP contribution in [0.1, 0.15) is 61.7 Å². The first-order chi connectivity index (χ1) is 17.3. The summed E-state index contributed by atoms with van der Waals surface area (Å²) in [6.45, 7) is 8.21. The Bertz CT molecular complexity index is 1480. The van der Waals surface area contributed by atoms with Gasteiger partial charge in [-0.05, 0) is 94.8 Å². The number of aromatic nitrogens is 1. The largest absolute Gasteiger partial charge is 0.322 e. The maximum Gasteiger partial charge on any atom is 0.258 e. The number of benzene rings is 2. The number of halogens is 1. The van der Waals surface area contributed by atoms with E-state index in [1.54, 1.807) is 11.3 Å². The molecule has 5 rings (SSSR count). The van der Waals surface area contributed by atoms with Crippen molar-refractivity contribution in [1.82, 2.24) is 4.57 Å². The molecule has 1 aliphatic carbocycles. The zero-order valence-electron chi connectivity index (χ0n) is 21.1. The van der Waals surface area contributed by atoms with Crippen LogP contribution in [0, 0.1) is 27.7 Å². The summed E-state index contributed by atoms with van der Waals surface area (Å²) in [4.78, 5) is 19.7. The molecule has 4 nitrogen and oxygen atoms in total. The van der Waals surface area contributed by atoms with E-state index in [1.807, 2.05) is 62.5 Å².